The van der Waals surface area contributed by atoms with Crippen LogP contribution in [0.4, 0.5) is 11.8 Å². The summed E-state index contributed by atoms with van der Waals surface area (Å²) in [6, 6.07) is 11.4. The molecule has 2 aliphatic heterocycles. The highest BCUT2D eigenvalue weighted by molar-refractivity contribution is 5.53. The summed E-state index contributed by atoms with van der Waals surface area (Å²) in [6.45, 7) is 4.04. The van der Waals surface area contributed by atoms with Gasteiger partial charge < -0.3 is 15.3 Å². The Morgan fingerprint density at radius 3 is 2.84 bits per heavy atom. The summed E-state index contributed by atoms with van der Waals surface area (Å²) in [4.78, 5) is 11.9. The Morgan fingerprint density at radius 1 is 1.20 bits per heavy atom. The van der Waals surface area contributed by atoms with E-state index in [-0.39, 0.29) is 6.61 Å². The number of hydrogen-bond acceptors (Lipinski definition) is 5. The van der Waals surface area contributed by atoms with Crippen molar-refractivity contribution in [2.75, 3.05) is 29.9 Å². The minimum Gasteiger partial charge on any atom is -0.396 e. The molecule has 5 rings (SSSR count). The van der Waals surface area contributed by atoms with Crippen LogP contribution in [-0.2, 0) is 6.42 Å². The van der Waals surface area contributed by atoms with Crippen LogP contribution < -0.4 is 10.2 Å². The van der Waals surface area contributed by atoms with Crippen molar-refractivity contribution < 1.29 is 5.11 Å². The molecule has 0 radical (unpaired) electrons. The number of nitrogens with one attached hydrogen (secondary N) is 1. The Morgan fingerprint density at radius 2 is 2.04 bits per heavy atom. The van der Waals surface area contributed by atoms with Gasteiger partial charge in [0.2, 0.25) is 5.95 Å². The smallest absolute Gasteiger partial charge is 0.224 e. The molecule has 0 saturated carbocycles. The predicted octanol–water partition coefficient (Wildman–Crippen LogP) is 3.27. The molecule has 1 fully saturated rings. The van der Waals surface area contributed by atoms with Gasteiger partial charge in [-0.3, -0.25) is 0 Å². The van der Waals surface area contributed by atoms with Crippen LogP contribution in [0, 0.1) is 0 Å². The van der Waals surface area contributed by atoms with E-state index in [2.05, 4.69) is 52.5 Å². The fourth-order valence-corrected chi connectivity index (χ4v) is 4.16. The zero-order chi connectivity index (χ0) is 17.2. The van der Waals surface area contributed by atoms with Crippen LogP contribution in [0.3, 0.4) is 0 Å². The first-order valence-corrected chi connectivity index (χ1v) is 9.38. The Hall–Kier alpha value is -2.14. The predicted molar refractivity (Wildman–Crippen MR) is 100 cm³/mol. The molecule has 0 spiro atoms. The van der Waals surface area contributed by atoms with Crippen molar-refractivity contribution in [3.63, 3.8) is 0 Å². The van der Waals surface area contributed by atoms with Gasteiger partial charge in [-0.1, -0.05) is 31.2 Å². The Labute approximate surface area is 149 Å². The topological polar surface area (TPSA) is 61.3 Å². The number of aliphatic hydroxyl groups is 1. The van der Waals surface area contributed by atoms with Gasteiger partial charge in [-0.15, -0.1) is 0 Å². The van der Waals surface area contributed by atoms with E-state index in [1.165, 1.54) is 24.0 Å². The molecule has 2 bridgehead atoms. The number of aromatic nitrogens is 2. The van der Waals surface area contributed by atoms with Gasteiger partial charge >= 0.3 is 0 Å². The highest BCUT2D eigenvalue weighted by Crippen LogP contribution is 2.47. The summed E-state index contributed by atoms with van der Waals surface area (Å²) < 4.78 is 0. The highest BCUT2D eigenvalue weighted by atomic mass is 16.3. The van der Waals surface area contributed by atoms with Crippen molar-refractivity contribution in [3.8, 4) is 0 Å². The van der Waals surface area contributed by atoms with E-state index in [4.69, 9.17) is 10.1 Å². The van der Waals surface area contributed by atoms with E-state index in [0.29, 0.717) is 30.9 Å². The second-order valence-corrected chi connectivity index (χ2v) is 6.97. The number of fused-ring (bicyclic) bond motifs is 2. The lowest BCUT2D eigenvalue weighted by Crippen LogP contribution is -2.43. The lowest BCUT2D eigenvalue weighted by molar-refractivity contribution is 0.292. The van der Waals surface area contributed by atoms with E-state index in [9.17, 15) is 0 Å². The molecular weight excluding hydrogens is 312 g/mol. The quantitative estimate of drug-likeness (QED) is 0.792. The first-order valence-electron chi connectivity index (χ1n) is 9.38. The molecular formula is C20H26N4O. The van der Waals surface area contributed by atoms with Crippen molar-refractivity contribution in [3.05, 3.63) is 47.2 Å². The van der Waals surface area contributed by atoms with Gasteiger partial charge in [0.15, 0.2) is 0 Å². The molecule has 1 saturated heterocycles. The number of nitrogens with zero attached hydrogens (tertiary/aromatic N) is 3. The fraction of sp³-hybridized carbons (Fsp3) is 0.500. The first-order chi connectivity index (χ1) is 12.3. The van der Waals surface area contributed by atoms with E-state index < -0.39 is 0 Å². The normalized spacial score (nSPS) is 21.3. The van der Waals surface area contributed by atoms with Gasteiger partial charge in [0.25, 0.3) is 0 Å². The number of aryl methyl sites for hydroxylation is 1. The van der Waals surface area contributed by atoms with Gasteiger partial charge in [-0.05, 0) is 36.8 Å². The van der Waals surface area contributed by atoms with Gasteiger partial charge in [0, 0.05) is 37.4 Å². The molecule has 1 aromatic heterocycles. The number of aliphatic hydroxyl groups excluding tert-OH is 1. The summed E-state index contributed by atoms with van der Waals surface area (Å²) in [6.07, 6.45) is 4.06. The van der Waals surface area contributed by atoms with E-state index in [1.54, 1.807) is 0 Å². The SMILES string of the molecule is CCc1cc(N2C[C@H]3CC[C@H]2c2ccccc23)nc(NCCCO)n1. The number of hydrogen-bond donors (Lipinski definition) is 2. The monoisotopic (exact) mass is 338 g/mol. The van der Waals surface area contributed by atoms with Crippen LogP contribution in [0.1, 0.15) is 55.0 Å². The van der Waals surface area contributed by atoms with Gasteiger partial charge in [0.1, 0.15) is 5.82 Å². The Bertz CT molecular complexity index is 748. The van der Waals surface area contributed by atoms with Crippen molar-refractivity contribution in [2.45, 2.75) is 44.6 Å². The van der Waals surface area contributed by atoms with Crippen LogP contribution in [0.15, 0.2) is 30.3 Å². The standard InChI is InChI=1S/C20H26N4O/c1-2-15-12-19(23-20(22-15)21-10-5-11-25)24-13-14-8-9-18(24)17-7-4-3-6-16(14)17/h3-4,6-7,12,14,18,25H,2,5,8-11,13H2,1H3,(H,21,22,23)/t14-,18+/m1/s1. The lowest BCUT2D eigenvalue weighted by atomic mass is 9.75. The number of benzene rings is 1. The molecule has 0 amide bonds. The van der Waals surface area contributed by atoms with Crippen molar-refractivity contribution in [1.82, 2.24) is 9.97 Å². The zero-order valence-electron chi connectivity index (χ0n) is 14.8. The second kappa shape index (κ2) is 7.00. The largest absolute Gasteiger partial charge is 0.396 e. The van der Waals surface area contributed by atoms with Crippen molar-refractivity contribution in [2.24, 2.45) is 0 Å². The molecule has 1 aliphatic carbocycles. The Balaban J connectivity index is 1.65. The van der Waals surface area contributed by atoms with E-state index in [1.807, 2.05) is 0 Å². The Kier molecular flexibility index (Phi) is 4.57. The molecule has 3 heterocycles. The molecule has 0 unspecified atom stereocenters. The number of anilines is 2. The molecule has 2 atom stereocenters. The van der Waals surface area contributed by atoms with Crippen LogP contribution in [0.2, 0.25) is 0 Å². The van der Waals surface area contributed by atoms with Gasteiger partial charge in [-0.2, -0.15) is 4.98 Å². The lowest BCUT2D eigenvalue weighted by Gasteiger charge is -2.47. The minimum absolute atomic E-state index is 0.181. The summed E-state index contributed by atoms with van der Waals surface area (Å²) in [7, 11) is 0. The zero-order valence-corrected chi connectivity index (χ0v) is 14.8. The van der Waals surface area contributed by atoms with Crippen molar-refractivity contribution in [1.29, 1.82) is 0 Å². The van der Waals surface area contributed by atoms with Crippen LogP contribution >= 0.6 is 0 Å². The van der Waals surface area contributed by atoms with E-state index >= 15 is 0 Å². The first kappa shape index (κ1) is 16.3. The molecule has 2 N–H and O–H groups in total. The van der Waals surface area contributed by atoms with Crippen LogP contribution in [0.25, 0.3) is 0 Å². The second-order valence-electron chi connectivity index (χ2n) is 6.97. The highest BCUT2D eigenvalue weighted by Gasteiger charge is 2.38. The molecule has 3 aliphatic rings. The van der Waals surface area contributed by atoms with Crippen molar-refractivity contribution >= 4 is 11.8 Å². The summed E-state index contributed by atoms with van der Waals surface area (Å²) in [5.41, 5.74) is 4.06. The number of rotatable bonds is 6. The maximum Gasteiger partial charge on any atom is 0.224 e. The van der Waals surface area contributed by atoms with Crippen LogP contribution in [0.5, 0.6) is 0 Å². The molecule has 25 heavy (non-hydrogen) atoms. The van der Waals surface area contributed by atoms with Crippen LogP contribution in [-0.4, -0.2) is 34.8 Å². The molecule has 5 heteroatoms. The average molecular weight is 338 g/mol. The van der Waals surface area contributed by atoms with Gasteiger partial charge in [0.05, 0.1) is 6.04 Å². The summed E-state index contributed by atoms with van der Waals surface area (Å²) >= 11 is 0. The summed E-state index contributed by atoms with van der Waals surface area (Å²) in [5.74, 6) is 2.31. The third-order valence-electron chi connectivity index (χ3n) is 5.42. The number of piperidine rings is 1. The van der Waals surface area contributed by atoms with E-state index in [0.717, 1.165) is 24.5 Å². The third-order valence-corrected chi connectivity index (χ3v) is 5.42. The third kappa shape index (κ3) is 3.09. The fourth-order valence-electron chi connectivity index (χ4n) is 4.16. The average Bonchev–Trinajstić information content (AvgIpc) is 2.68. The summed E-state index contributed by atoms with van der Waals surface area (Å²) in [5, 5.41) is 12.2. The minimum atomic E-state index is 0.181. The molecule has 1 aromatic carbocycles. The maximum atomic E-state index is 8.98. The molecule has 5 nitrogen and oxygen atoms in total. The molecule has 132 valence electrons. The van der Waals surface area contributed by atoms with Gasteiger partial charge in [-0.25, -0.2) is 4.98 Å². The maximum absolute atomic E-state index is 8.98. The molecule has 2 aromatic rings.